The predicted molar refractivity (Wildman–Crippen MR) is 125 cm³/mol. The summed E-state index contributed by atoms with van der Waals surface area (Å²) in [4.78, 5) is 29.5. The Morgan fingerprint density at radius 3 is 2.41 bits per heavy atom. The summed E-state index contributed by atoms with van der Waals surface area (Å²) in [5, 5.41) is 2.77. The number of aryl methyl sites for hydroxylation is 1. The van der Waals surface area contributed by atoms with Crippen molar-refractivity contribution >= 4 is 11.9 Å². The Balaban J connectivity index is 1.80. The van der Waals surface area contributed by atoms with E-state index in [0.717, 1.165) is 49.5 Å². The molecular weight excluding hydrogens is 404 g/mol. The molecule has 3 N–H and O–H groups in total. The number of hydrogen-bond acceptors (Lipinski definition) is 4. The third kappa shape index (κ3) is 6.80. The van der Waals surface area contributed by atoms with E-state index in [-0.39, 0.29) is 18.4 Å². The lowest BCUT2D eigenvalue weighted by molar-refractivity contribution is -0.135. The molecule has 7 heteroatoms. The molecule has 0 aliphatic carbocycles. The molecule has 1 aliphatic heterocycles. The average Bonchev–Trinajstić information content (AvgIpc) is 2.78. The van der Waals surface area contributed by atoms with Gasteiger partial charge in [0.2, 0.25) is 5.91 Å². The summed E-state index contributed by atoms with van der Waals surface area (Å²) >= 11 is 0. The highest BCUT2D eigenvalue weighted by atomic mass is 16.5. The van der Waals surface area contributed by atoms with E-state index < -0.39 is 12.1 Å². The molecule has 0 bridgehead atoms. The Morgan fingerprint density at radius 1 is 1.09 bits per heavy atom. The number of nitrogens with two attached hydrogens (primary N) is 1. The van der Waals surface area contributed by atoms with Gasteiger partial charge in [-0.25, -0.2) is 4.79 Å². The van der Waals surface area contributed by atoms with Gasteiger partial charge in [0.15, 0.2) is 0 Å². The molecule has 7 nitrogen and oxygen atoms in total. The summed E-state index contributed by atoms with van der Waals surface area (Å²) in [6.45, 7) is 8.52. The van der Waals surface area contributed by atoms with Gasteiger partial charge in [-0.05, 0) is 30.5 Å². The molecule has 3 amide bonds. The Kier molecular flexibility index (Phi) is 8.64. The maximum atomic E-state index is 13.6. The van der Waals surface area contributed by atoms with Gasteiger partial charge in [0.05, 0.1) is 25.7 Å². The van der Waals surface area contributed by atoms with E-state index in [0.29, 0.717) is 6.54 Å². The lowest BCUT2D eigenvalue weighted by atomic mass is 9.98. The normalized spacial score (nSPS) is 16.2. The van der Waals surface area contributed by atoms with Crippen LogP contribution in [0.1, 0.15) is 36.1 Å². The molecule has 2 unspecified atom stereocenters. The van der Waals surface area contributed by atoms with Crippen LogP contribution in [-0.2, 0) is 16.1 Å². The lowest BCUT2D eigenvalue weighted by Gasteiger charge is -2.36. The maximum absolute atomic E-state index is 13.6. The molecule has 2 aromatic carbocycles. The zero-order valence-electron chi connectivity index (χ0n) is 19.0. The summed E-state index contributed by atoms with van der Waals surface area (Å²) in [6.07, 6.45) is 0.147. The highest BCUT2D eigenvalue weighted by Crippen LogP contribution is 2.23. The zero-order valence-corrected chi connectivity index (χ0v) is 19.0. The third-order valence-corrected chi connectivity index (χ3v) is 5.93. The second kappa shape index (κ2) is 11.6. The number of hydrogen-bond donors (Lipinski definition) is 2. The first-order valence-corrected chi connectivity index (χ1v) is 11.2. The minimum atomic E-state index is -0.637. The molecule has 0 aromatic heterocycles. The molecule has 172 valence electrons. The van der Waals surface area contributed by atoms with Crippen molar-refractivity contribution in [3.05, 3.63) is 71.3 Å². The van der Waals surface area contributed by atoms with Gasteiger partial charge in [-0.2, -0.15) is 0 Å². The number of primary amides is 1. The summed E-state index contributed by atoms with van der Waals surface area (Å²) in [5.41, 5.74) is 8.43. The first-order valence-electron chi connectivity index (χ1n) is 11.2. The van der Waals surface area contributed by atoms with Crippen molar-refractivity contribution in [1.82, 2.24) is 15.1 Å². The number of nitrogens with one attached hydrogen (secondary N) is 1. The molecule has 1 aliphatic rings. The van der Waals surface area contributed by atoms with Crippen molar-refractivity contribution < 1.29 is 14.3 Å². The van der Waals surface area contributed by atoms with Crippen molar-refractivity contribution in [3.63, 3.8) is 0 Å². The number of rotatable bonds is 9. The van der Waals surface area contributed by atoms with E-state index in [1.54, 1.807) is 0 Å². The molecule has 2 atom stereocenters. The number of amides is 3. The third-order valence-electron chi connectivity index (χ3n) is 5.93. The van der Waals surface area contributed by atoms with Crippen LogP contribution in [0.2, 0.25) is 0 Å². The first kappa shape index (κ1) is 23.8. The second-order valence-corrected chi connectivity index (χ2v) is 8.39. The molecule has 32 heavy (non-hydrogen) atoms. The Morgan fingerprint density at radius 2 is 1.75 bits per heavy atom. The smallest absolute Gasteiger partial charge is 0.312 e. The monoisotopic (exact) mass is 438 g/mol. The van der Waals surface area contributed by atoms with Crippen LogP contribution < -0.4 is 11.1 Å². The largest absolute Gasteiger partial charge is 0.379 e. The SMILES string of the molecule is Cc1ccccc1C(CC(=O)N(Cc1ccccc1)C(C)CN1CCOCC1)NC(N)=O. The van der Waals surface area contributed by atoms with Crippen LogP contribution in [0.4, 0.5) is 4.79 Å². The highest BCUT2D eigenvalue weighted by molar-refractivity contribution is 5.79. The van der Waals surface area contributed by atoms with Crippen molar-refractivity contribution in [1.29, 1.82) is 0 Å². The van der Waals surface area contributed by atoms with Crippen LogP contribution in [0.3, 0.4) is 0 Å². The van der Waals surface area contributed by atoms with Gasteiger partial charge in [0.1, 0.15) is 0 Å². The van der Waals surface area contributed by atoms with Crippen molar-refractivity contribution in [2.75, 3.05) is 32.8 Å². The van der Waals surface area contributed by atoms with Gasteiger partial charge in [0, 0.05) is 32.2 Å². The van der Waals surface area contributed by atoms with Crippen LogP contribution in [0.5, 0.6) is 0 Å². The number of nitrogens with zero attached hydrogens (tertiary/aromatic N) is 2. The first-order chi connectivity index (χ1) is 15.4. The molecule has 2 aromatic rings. The minimum Gasteiger partial charge on any atom is -0.379 e. The lowest BCUT2D eigenvalue weighted by Crippen LogP contribution is -2.48. The quantitative estimate of drug-likeness (QED) is 0.630. The van der Waals surface area contributed by atoms with Crippen molar-refractivity contribution in [2.45, 2.75) is 38.9 Å². The Bertz CT molecular complexity index is 884. The summed E-state index contributed by atoms with van der Waals surface area (Å²) in [7, 11) is 0. The van der Waals surface area contributed by atoms with E-state index in [1.165, 1.54) is 0 Å². The van der Waals surface area contributed by atoms with Crippen LogP contribution >= 0.6 is 0 Å². The van der Waals surface area contributed by atoms with Crippen molar-refractivity contribution in [3.8, 4) is 0 Å². The van der Waals surface area contributed by atoms with Gasteiger partial charge < -0.3 is 20.7 Å². The van der Waals surface area contributed by atoms with Gasteiger partial charge in [-0.15, -0.1) is 0 Å². The number of carbonyl (C=O) groups is 2. The van der Waals surface area contributed by atoms with Gasteiger partial charge >= 0.3 is 6.03 Å². The topological polar surface area (TPSA) is 87.9 Å². The van der Waals surface area contributed by atoms with Crippen molar-refractivity contribution in [2.24, 2.45) is 5.73 Å². The Hall–Kier alpha value is -2.90. The van der Waals surface area contributed by atoms with E-state index in [9.17, 15) is 9.59 Å². The molecule has 1 saturated heterocycles. The number of benzene rings is 2. The molecule has 1 heterocycles. The zero-order chi connectivity index (χ0) is 22.9. The highest BCUT2D eigenvalue weighted by Gasteiger charge is 2.27. The second-order valence-electron chi connectivity index (χ2n) is 8.39. The van der Waals surface area contributed by atoms with Crippen LogP contribution in [-0.4, -0.2) is 60.6 Å². The number of carbonyl (C=O) groups excluding carboxylic acids is 2. The van der Waals surface area contributed by atoms with E-state index in [4.69, 9.17) is 10.5 Å². The molecular formula is C25H34N4O3. The molecule has 3 rings (SSSR count). The molecule has 1 fully saturated rings. The van der Waals surface area contributed by atoms with Gasteiger partial charge in [0.25, 0.3) is 0 Å². The van der Waals surface area contributed by atoms with E-state index in [2.05, 4.69) is 17.1 Å². The van der Waals surface area contributed by atoms with E-state index >= 15 is 0 Å². The molecule has 0 spiro atoms. The van der Waals surface area contributed by atoms with Gasteiger partial charge in [-0.3, -0.25) is 9.69 Å². The maximum Gasteiger partial charge on any atom is 0.312 e. The number of ether oxygens (including phenoxy) is 1. The average molecular weight is 439 g/mol. The number of urea groups is 1. The van der Waals surface area contributed by atoms with Gasteiger partial charge in [-0.1, -0.05) is 54.6 Å². The van der Waals surface area contributed by atoms with Crippen LogP contribution in [0.25, 0.3) is 0 Å². The molecule has 0 saturated carbocycles. The van der Waals surface area contributed by atoms with E-state index in [1.807, 2.05) is 66.4 Å². The standard InChI is InChI=1S/C25H34N4O3/c1-19-8-6-7-11-22(19)23(27-25(26)31)16-24(30)29(18-21-9-4-3-5-10-21)20(2)17-28-12-14-32-15-13-28/h3-11,20,23H,12-18H2,1-2H3,(H3,26,27,31). The fraction of sp³-hybridized carbons (Fsp3) is 0.440. The van der Waals surface area contributed by atoms with Crippen LogP contribution in [0.15, 0.2) is 54.6 Å². The predicted octanol–water partition coefficient (Wildman–Crippen LogP) is 2.84. The fourth-order valence-corrected chi connectivity index (χ4v) is 4.21. The summed E-state index contributed by atoms with van der Waals surface area (Å²) in [6, 6.07) is 16.6. The molecule has 0 radical (unpaired) electrons. The number of morpholine rings is 1. The summed E-state index contributed by atoms with van der Waals surface area (Å²) in [5.74, 6) is -0.0170. The summed E-state index contributed by atoms with van der Waals surface area (Å²) < 4.78 is 5.46. The van der Waals surface area contributed by atoms with Crippen LogP contribution in [0, 0.1) is 6.92 Å². The fourth-order valence-electron chi connectivity index (χ4n) is 4.21. The minimum absolute atomic E-state index is 0.00639. The Labute approximate surface area is 190 Å².